The molecule has 7 heteroatoms. The molecule has 25 heavy (non-hydrogen) atoms. The van der Waals surface area contributed by atoms with Crippen LogP contribution in [0.5, 0.6) is 0 Å². The zero-order valence-electron chi connectivity index (χ0n) is 14.1. The van der Waals surface area contributed by atoms with Crippen LogP contribution in [0.3, 0.4) is 0 Å². The first kappa shape index (κ1) is 19.1. The predicted octanol–water partition coefficient (Wildman–Crippen LogP) is 2.54. The van der Waals surface area contributed by atoms with Crippen LogP contribution in [0.2, 0.25) is 0 Å². The molecule has 0 heterocycles. The Balaban J connectivity index is 2.32. The second kappa shape index (κ2) is 8.22. The average molecular weight is 364 g/mol. The second-order valence-electron chi connectivity index (χ2n) is 5.93. The van der Waals surface area contributed by atoms with Crippen molar-refractivity contribution in [1.82, 2.24) is 9.62 Å². The van der Waals surface area contributed by atoms with Gasteiger partial charge in [0.2, 0.25) is 15.9 Å². The molecule has 2 rings (SSSR count). The lowest BCUT2D eigenvalue weighted by Crippen LogP contribution is -2.42. The molecule has 0 atom stereocenters. The number of nitrogens with one attached hydrogen (secondary N) is 1. The van der Waals surface area contributed by atoms with E-state index in [1.165, 1.54) is 12.1 Å². The summed E-state index contributed by atoms with van der Waals surface area (Å²) in [5.41, 5.74) is 0.755. The number of hydrogen-bond acceptors (Lipinski definition) is 3. The molecule has 134 valence electrons. The fourth-order valence-corrected chi connectivity index (χ4v) is 3.68. The first-order valence-corrected chi connectivity index (χ1v) is 9.32. The van der Waals surface area contributed by atoms with E-state index in [-0.39, 0.29) is 24.0 Å². The van der Waals surface area contributed by atoms with Crippen molar-refractivity contribution in [1.29, 1.82) is 0 Å². The number of rotatable bonds is 7. The lowest BCUT2D eigenvalue weighted by atomic mass is 10.2. The number of halogens is 1. The van der Waals surface area contributed by atoms with Crippen LogP contribution in [-0.2, 0) is 21.4 Å². The first-order valence-electron chi connectivity index (χ1n) is 7.88. The third kappa shape index (κ3) is 5.37. The van der Waals surface area contributed by atoms with Gasteiger partial charge in [0.1, 0.15) is 5.82 Å². The molecular weight excluding hydrogens is 343 g/mol. The molecular formula is C18H21FN2O3S. The predicted molar refractivity (Wildman–Crippen MR) is 93.7 cm³/mol. The van der Waals surface area contributed by atoms with Crippen molar-refractivity contribution in [3.05, 3.63) is 66.0 Å². The van der Waals surface area contributed by atoms with Crippen LogP contribution in [0, 0.1) is 5.82 Å². The molecule has 0 spiro atoms. The molecule has 5 nitrogen and oxygen atoms in total. The molecule has 1 N–H and O–H groups in total. The molecule has 0 radical (unpaired) electrons. The van der Waals surface area contributed by atoms with E-state index in [0.29, 0.717) is 0 Å². The van der Waals surface area contributed by atoms with Crippen molar-refractivity contribution in [2.24, 2.45) is 0 Å². The number of hydrogen-bond donors (Lipinski definition) is 1. The third-order valence-electron chi connectivity index (χ3n) is 3.42. The molecule has 0 aromatic heterocycles. The van der Waals surface area contributed by atoms with Crippen LogP contribution in [0.25, 0.3) is 0 Å². The van der Waals surface area contributed by atoms with Gasteiger partial charge in [-0.1, -0.05) is 30.3 Å². The van der Waals surface area contributed by atoms with Gasteiger partial charge < -0.3 is 5.32 Å². The highest BCUT2D eigenvalue weighted by Gasteiger charge is 2.27. The normalized spacial score (nSPS) is 11.7. The summed E-state index contributed by atoms with van der Waals surface area (Å²) >= 11 is 0. The van der Waals surface area contributed by atoms with Crippen LogP contribution in [0.1, 0.15) is 19.4 Å². The standard InChI is InChI=1S/C18H21FN2O3S/c1-14(2)20-18(22)13-21(12-15-6-4-3-5-7-15)25(23,24)17-10-8-16(19)9-11-17/h3-11,14H,12-13H2,1-2H3,(H,20,22). The summed E-state index contributed by atoms with van der Waals surface area (Å²) in [7, 11) is -3.94. The van der Waals surface area contributed by atoms with Gasteiger partial charge in [0.15, 0.2) is 0 Å². The Morgan fingerprint density at radius 2 is 1.68 bits per heavy atom. The van der Waals surface area contributed by atoms with E-state index >= 15 is 0 Å². The maximum atomic E-state index is 13.1. The Labute approximate surface area is 147 Å². The molecule has 0 unspecified atom stereocenters. The van der Waals surface area contributed by atoms with Crippen LogP contribution >= 0.6 is 0 Å². The van der Waals surface area contributed by atoms with E-state index in [4.69, 9.17) is 0 Å². The smallest absolute Gasteiger partial charge is 0.243 e. The Morgan fingerprint density at radius 1 is 1.08 bits per heavy atom. The van der Waals surface area contributed by atoms with Gasteiger partial charge in [0.05, 0.1) is 11.4 Å². The van der Waals surface area contributed by atoms with Gasteiger partial charge in [-0.05, 0) is 43.7 Å². The van der Waals surface area contributed by atoms with Gasteiger partial charge in [-0.3, -0.25) is 4.79 Å². The van der Waals surface area contributed by atoms with Gasteiger partial charge in [-0.2, -0.15) is 4.31 Å². The second-order valence-corrected chi connectivity index (χ2v) is 7.87. The fraction of sp³-hybridized carbons (Fsp3) is 0.278. The van der Waals surface area contributed by atoms with E-state index in [1.807, 2.05) is 6.07 Å². The average Bonchev–Trinajstić information content (AvgIpc) is 2.55. The number of benzene rings is 2. The fourth-order valence-electron chi connectivity index (χ4n) is 2.30. The molecule has 0 saturated heterocycles. The highest BCUT2D eigenvalue weighted by Crippen LogP contribution is 2.18. The third-order valence-corrected chi connectivity index (χ3v) is 5.23. The molecule has 0 aliphatic carbocycles. The maximum Gasteiger partial charge on any atom is 0.243 e. The summed E-state index contributed by atoms with van der Waals surface area (Å²) in [4.78, 5) is 12.1. The van der Waals surface area contributed by atoms with Gasteiger partial charge in [0.25, 0.3) is 0 Å². The maximum absolute atomic E-state index is 13.1. The van der Waals surface area contributed by atoms with Crippen molar-refractivity contribution in [3.8, 4) is 0 Å². The summed E-state index contributed by atoms with van der Waals surface area (Å²) in [6.45, 7) is 3.33. The lowest BCUT2D eigenvalue weighted by Gasteiger charge is -2.22. The summed E-state index contributed by atoms with van der Waals surface area (Å²) in [6, 6.07) is 13.5. The molecule has 0 bridgehead atoms. The SMILES string of the molecule is CC(C)NC(=O)CN(Cc1ccccc1)S(=O)(=O)c1ccc(F)cc1. The van der Waals surface area contributed by atoms with Crippen molar-refractivity contribution in [3.63, 3.8) is 0 Å². The largest absolute Gasteiger partial charge is 0.353 e. The first-order chi connectivity index (χ1) is 11.8. The minimum Gasteiger partial charge on any atom is -0.353 e. The Hall–Kier alpha value is -2.25. The van der Waals surface area contributed by atoms with E-state index in [1.54, 1.807) is 38.1 Å². The Bertz CT molecular complexity index is 806. The zero-order valence-corrected chi connectivity index (χ0v) is 15.0. The molecule has 0 aliphatic rings. The number of nitrogens with zero attached hydrogens (tertiary/aromatic N) is 1. The van der Waals surface area contributed by atoms with Crippen LogP contribution in [0.15, 0.2) is 59.5 Å². The summed E-state index contributed by atoms with van der Waals surface area (Å²) in [5.74, 6) is -0.914. The van der Waals surface area contributed by atoms with Crippen LogP contribution in [-0.4, -0.2) is 31.2 Å². The monoisotopic (exact) mass is 364 g/mol. The molecule has 0 fully saturated rings. The van der Waals surface area contributed by atoms with Crippen molar-refractivity contribution in [2.45, 2.75) is 31.3 Å². The topological polar surface area (TPSA) is 66.5 Å². The summed E-state index contributed by atoms with van der Waals surface area (Å²) in [6.07, 6.45) is 0. The lowest BCUT2D eigenvalue weighted by molar-refractivity contribution is -0.121. The highest BCUT2D eigenvalue weighted by atomic mass is 32.2. The van der Waals surface area contributed by atoms with Crippen LogP contribution in [0.4, 0.5) is 4.39 Å². The van der Waals surface area contributed by atoms with Gasteiger partial charge in [-0.15, -0.1) is 0 Å². The number of amides is 1. The minimum atomic E-state index is -3.94. The summed E-state index contributed by atoms with van der Waals surface area (Å²) in [5, 5.41) is 2.69. The van der Waals surface area contributed by atoms with Crippen molar-refractivity contribution >= 4 is 15.9 Å². The molecule has 2 aromatic carbocycles. The number of carbonyl (C=O) groups is 1. The highest BCUT2D eigenvalue weighted by molar-refractivity contribution is 7.89. The van der Waals surface area contributed by atoms with Crippen LogP contribution < -0.4 is 5.32 Å². The molecule has 1 amide bonds. The van der Waals surface area contributed by atoms with Crippen molar-refractivity contribution < 1.29 is 17.6 Å². The molecule has 2 aromatic rings. The molecule has 0 aliphatic heterocycles. The Kier molecular flexibility index (Phi) is 6.27. The van der Waals surface area contributed by atoms with Gasteiger partial charge in [0, 0.05) is 12.6 Å². The van der Waals surface area contributed by atoms with Gasteiger partial charge in [-0.25, -0.2) is 12.8 Å². The van der Waals surface area contributed by atoms with Crippen molar-refractivity contribution in [2.75, 3.05) is 6.54 Å². The van der Waals surface area contributed by atoms with E-state index < -0.39 is 21.7 Å². The minimum absolute atomic E-state index is 0.0477. The number of carbonyl (C=O) groups excluding carboxylic acids is 1. The Morgan fingerprint density at radius 3 is 2.24 bits per heavy atom. The van der Waals surface area contributed by atoms with E-state index in [9.17, 15) is 17.6 Å². The molecule has 0 saturated carbocycles. The van der Waals surface area contributed by atoms with E-state index in [2.05, 4.69) is 5.32 Å². The quantitative estimate of drug-likeness (QED) is 0.821. The summed E-state index contributed by atoms with van der Waals surface area (Å²) < 4.78 is 40.0. The number of sulfonamides is 1. The van der Waals surface area contributed by atoms with E-state index in [0.717, 1.165) is 22.0 Å². The van der Waals surface area contributed by atoms with Gasteiger partial charge >= 0.3 is 0 Å². The zero-order chi connectivity index (χ0) is 18.4.